The SMILES string of the molecule is CC/C=C\C/C=C\C/C=C\C/C=C\C/C=C\CCCCCCCCCCCC(=O)OC(/C=C/CCCCCCCCCCCC)C(COP(=O)(O)OCC[N+](C)(C)C)NC(=O)CCCCCCCCCCCCCCCCCCCCCCCCCCC. The van der Waals surface area contributed by atoms with E-state index in [0.717, 1.165) is 103 Å². The van der Waals surface area contributed by atoms with Crippen molar-refractivity contribution in [2.45, 2.75) is 373 Å². The Morgan fingerprint density at radius 1 is 0.409 bits per heavy atom. The molecule has 0 saturated carbocycles. The lowest BCUT2D eigenvalue weighted by Crippen LogP contribution is -2.47. The fourth-order valence-electron chi connectivity index (χ4n) is 11.1. The van der Waals surface area contributed by atoms with E-state index in [1.807, 2.05) is 33.3 Å². The van der Waals surface area contributed by atoms with Crippen LogP contribution in [0.15, 0.2) is 72.9 Å². The fourth-order valence-corrected chi connectivity index (χ4v) is 11.9. The number of likely N-dealkylation sites (N-methyl/N-ethyl adjacent to an activating group) is 1. The monoisotopic (exact) mass is 1250 g/mol. The summed E-state index contributed by atoms with van der Waals surface area (Å²) in [5.41, 5.74) is 0. The van der Waals surface area contributed by atoms with Crippen LogP contribution < -0.4 is 5.32 Å². The summed E-state index contributed by atoms with van der Waals surface area (Å²) in [5, 5.41) is 3.08. The van der Waals surface area contributed by atoms with E-state index in [-0.39, 0.29) is 31.5 Å². The molecule has 0 spiro atoms. The lowest BCUT2D eigenvalue weighted by Gasteiger charge is -2.27. The van der Waals surface area contributed by atoms with Gasteiger partial charge in [-0.15, -0.1) is 0 Å². The summed E-state index contributed by atoms with van der Waals surface area (Å²) in [6, 6.07) is -0.853. The minimum Gasteiger partial charge on any atom is -0.456 e. The molecule has 0 aromatic heterocycles. The molecular formula is C78H146N2O7P+. The number of quaternary nitrogens is 1. The molecule has 88 heavy (non-hydrogen) atoms. The van der Waals surface area contributed by atoms with Crippen LogP contribution in [0.2, 0.25) is 0 Å². The second-order valence-corrected chi connectivity index (χ2v) is 28.3. The first-order chi connectivity index (χ1) is 42.9. The maximum atomic E-state index is 13.6. The Hall–Kier alpha value is -2.55. The highest BCUT2D eigenvalue weighted by Crippen LogP contribution is 2.43. The molecule has 10 heteroatoms. The molecule has 0 aromatic carbocycles. The van der Waals surface area contributed by atoms with E-state index in [9.17, 15) is 19.0 Å². The topological polar surface area (TPSA) is 111 Å². The number of nitrogens with zero attached hydrogens (tertiary/aromatic N) is 1. The van der Waals surface area contributed by atoms with Crippen molar-refractivity contribution in [3.8, 4) is 0 Å². The molecule has 0 heterocycles. The number of esters is 1. The van der Waals surface area contributed by atoms with Crippen LogP contribution in [0.3, 0.4) is 0 Å². The van der Waals surface area contributed by atoms with Gasteiger partial charge in [0.25, 0.3) is 0 Å². The predicted octanol–water partition coefficient (Wildman–Crippen LogP) is 24.3. The molecule has 9 nitrogen and oxygen atoms in total. The standard InChI is InChI=1S/C78H145N2O7P/c1-7-10-13-16-19-22-25-28-30-32-34-36-38-40-42-44-46-48-50-52-55-58-61-64-67-70-77(81)79-75(74-86-88(83,84)85-73-72-80(4,5)6)76(69-66-63-60-57-54-27-24-21-18-15-12-9-3)87-78(82)71-68-65-62-59-56-53-51-49-47-45-43-41-39-37-35-33-31-29-26-23-20-17-14-11-8-2/h11,14,20,23,29,31,35,37,41,43,66,69,75-76H,7-10,12-13,15-19,21-22,24-28,30,32-34,36,38-40,42,44-65,67-68,70-74H2,1-6H3,(H-,79,81,83,84)/p+1/b14-11-,23-20-,31-29-,37-35-,43-41-,69-66+. The predicted molar refractivity (Wildman–Crippen MR) is 383 cm³/mol. The van der Waals surface area contributed by atoms with Crippen molar-refractivity contribution in [2.75, 3.05) is 40.9 Å². The van der Waals surface area contributed by atoms with E-state index < -0.39 is 20.0 Å². The highest BCUT2D eigenvalue weighted by atomic mass is 31.2. The average Bonchev–Trinajstić information content (AvgIpc) is 3.52. The molecule has 1 amide bonds. The van der Waals surface area contributed by atoms with Crippen molar-refractivity contribution < 1.29 is 37.3 Å². The van der Waals surface area contributed by atoms with Gasteiger partial charge in [0.1, 0.15) is 19.3 Å². The molecule has 0 aliphatic rings. The first-order valence-electron chi connectivity index (χ1n) is 37.8. The molecule has 0 saturated heterocycles. The molecule has 3 unspecified atom stereocenters. The van der Waals surface area contributed by atoms with E-state index in [1.54, 1.807) is 0 Å². The van der Waals surface area contributed by atoms with Gasteiger partial charge in [-0.3, -0.25) is 18.6 Å². The highest BCUT2D eigenvalue weighted by Gasteiger charge is 2.30. The van der Waals surface area contributed by atoms with Crippen LogP contribution >= 0.6 is 7.82 Å². The van der Waals surface area contributed by atoms with Gasteiger partial charge in [-0.1, -0.05) is 344 Å². The first-order valence-corrected chi connectivity index (χ1v) is 39.3. The Morgan fingerprint density at radius 2 is 0.727 bits per heavy atom. The van der Waals surface area contributed by atoms with Gasteiger partial charge in [0.15, 0.2) is 0 Å². The van der Waals surface area contributed by atoms with Gasteiger partial charge in [-0.2, -0.15) is 0 Å². The second kappa shape index (κ2) is 67.3. The third-order valence-corrected chi connectivity index (χ3v) is 17.9. The van der Waals surface area contributed by atoms with Crippen molar-refractivity contribution in [2.24, 2.45) is 0 Å². The Balaban J connectivity index is 4.99. The Kier molecular flexibility index (Phi) is 65.4. The number of hydrogen-bond acceptors (Lipinski definition) is 6. The molecule has 0 rings (SSSR count). The zero-order valence-corrected chi connectivity index (χ0v) is 59.9. The maximum Gasteiger partial charge on any atom is 0.472 e. The summed E-state index contributed by atoms with van der Waals surface area (Å²) < 4.78 is 30.9. The van der Waals surface area contributed by atoms with Gasteiger partial charge in [0, 0.05) is 12.8 Å². The summed E-state index contributed by atoms with van der Waals surface area (Å²) in [7, 11) is 1.50. The van der Waals surface area contributed by atoms with Gasteiger partial charge in [-0.25, -0.2) is 4.57 Å². The van der Waals surface area contributed by atoms with Gasteiger partial charge in [0.2, 0.25) is 5.91 Å². The molecule has 0 fully saturated rings. The van der Waals surface area contributed by atoms with E-state index in [4.69, 9.17) is 13.8 Å². The number of ether oxygens (including phenoxy) is 1. The molecule has 0 radical (unpaired) electrons. The number of phosphoric acid groups is 1. The molecule has 0 aliphatic heterocycles. The molecule has 0 bridgehead atoms. The summed E-state index contributed by atoms with van der Waals surface area (Å²) in [6.07, 6.45) is 89.3. The molecule has 0 aromatic rings. The Labute approximate surface area is 546 Å². The second-order valence-electron chi connectivity index (χ2n) is 26.8. The average molecular weight is 1260 g/mol. The normalized spacial score (nSPS) is 13.9. The van der Waals surface area contributed by atoms with Crippen molar-refractivity contribution in [1.29, 1.82) is 0 Å². The highest BCUT2D eigenvalue weighted by molar-refractivity contribution is 7.47. The number of phosphoric ester groups is 1. The number of carbonyl (C=O) groups excluding carboxylic acids is 2. The zero-order valence-electron chi connectivity index (χ0n) is 59.0. The maximum absolute atomic E-state index is 13.6. The number of unbranched alkanes of at least 4 members (excludes halogenated alkanes) is 43. The van der Waals surface area contributed by atoms with Crippen LogP contribution in [0.5, 0.6) is 0 Å². The fraction of sp³-hybridized carbons (Fsp3) is 0.821. The van der Waals surface area contributed by atoms with E-state index >= 15 is 0 Å². The van der Waals surface area contributed by atoms with Crippen LogP contribution in [-0.4, -0.2) is 74.3 Å². The van der Waals surface area contributed by atoms with Crippen molar-refractivity contribution in [3.05, 3.63) is 72.9 Å². The number of amides is 1. The van der Waals surface area contributed by atoms with Crippen molar-refractivity contribution in [3.63, 3.8) is 0 Å². The molecule has 0 aliphatic carbocycles. The summed E-state index contributed by atoms with van der Waals surface area (Å²) in [6.45, 7) is 6.95. The lowest BCUT2D eigenvalue weighted by molar-refractivity contribution is -0.870. The van der Waals surface area contributed by atoms with Gasteiger partial charge in [-0.05, 0) is 76.7 Å². The number of hydrogen-bond donors (Lipinski definition) is 2. The number of nitrogens with one attached hydrogen (secondary N) is 1. The molecule has 2 N–H and O–H groups in total. The Bertz CT molecular complexity index is 1730. The minimum atomic E-state index is -4.46. The van der Waals surface area contributed by atoms with Crippen LogP contribution in [0.1, 0.15) is 361 Å². The van der Waals surface area contributed by atoms with Crippen LogP contribution in [0.25, 0.3) is 0 Å². The molecular weight excluding hydrogens is 1110 g/mol. The Morgan fingerprint density at radius 3 is 1.09 bits per heavy atom. The van der Waals surface area contributed by atoms with E-state index in [1.165, 1.54) is 225 Å². The van der Waals surface area contributed by atoms with Crippen LogP contribution in [-0.2, 0) is 27.9 Å². The zero-order chi connectivity index (χ0) is 64.2. The lowest BCUT2D eigenvalue weighted by atomic mass is 10.0. The number of rotatable bonds is 69. The van der Waals surface area contributed by atoms with Gasteiger partial charge >= 0.3 is 13.8 Å². The van der Waals surface area contributed by atoms with Gasteiger partial charge in [0.05, 0.1) is 33.8 Å². The third kappa shape index (κ3) is 67.8. The van der Waals surface area contributed by atoms with Crippen LogP contribution in [0, 0.1) is 0 Å². The van der Waals surface area contributed by atoms with E-state index in [0.29, 0.717) is 17.4 Å². The summed E-state index contributed by atoms with van der Waals surface area (Å²) in [5.74, 6) is -0.497. The van der Waals surface area contributed by atoms with Crippen molar-refractivity contribution >= 4 is 19.7 Å². The minimum absolute atomic E-state index is 0.0392. The van der Waals surface area contributed by atoms with Gasteiger partial charge < -0.3 is 19.4 Å². The number of carbonyl (C=O) groups is 2. The largest absolute Gasteiger partial charge is 0.472 e. The molecule has 514 valence electrons. The number of allylic oxidation sites excluding steroid dienone is 11. The summed E-state index contributed by atoms with van der Waals surface area (Å²) in [4.78, 5) is 38.0. The quantitative estimate of drug-likeness (QED) is 0.0205. The molecule has 3 atom stereocenters. The first kappa shape index (κ1) is 85.5. The van der Waals surface area contributed by atoms with E-state index in [2.05, 4.69) is 86.8 Å². The third-order valence-electron chi connectivity index (χ3n) is 16.9. The van der Waals surface area contributed by atoms with Crippen LogP contribution in [0.4, 0.5) is 0 Å². The summed E-state index contributed by atoms with van der Waals surface area (Å²) >= 11 is 0. The smallest absolute Gasteiger partial charge is 0.456 e. The van der Waals surface area contributed by atoms with Crippen molar-refractivity contribution in [1.82, 2.24) is 5.32 Å².